The molecule has 1 aromatic carbocycles. The third-order valence-electron chi connectivity index (χ3n) is 2.39. The van der Waals surface area contributed by atoms with Crippen LogP contribution >= 0.6 is 0 Å². The number of carboxylic acid groups (broad SMARTS) is 2. The molecule has 0 unspecified atom stereocenters. The zero-order valence-corrected chi connectivity index (χ0v) is 9.71. The average molecular weight is 251 g/mol. The second kappa shape index (κ2) is 5.81. The Morgan fingerprint density at radius 1 is 1.11 bits per heavy atom. The summed E-state index contributed by atoms with van der Waals surface area (Å²) < 4.78 is 0. The molecule has 96 valence electrons. The minimum Gasteiger partial charge on any atom is -0.479 e. The average Bonchev–Trinajstić information content (AvgIpc) is 2.35. The molecular weight excluding hydrogens is 238 g/mol. The predicted octanol–water partition coefficient (Wildman–Crippen LogP) is 0.517. The first-order valence-corrected chi connectivity index (χ1v) is 5.31. The summed E-state index contributed by atoms with van der Waals surface area (Å²) in [5.41, 5.74) is 1.25. The fourth-order valence-corrected chi connectivity index (χ4v) is 1.34. The highest BCUT2D eigenvalue weighted by Gasteiger charge is 2.27. The Morgan fingerprint density at radius 2 is 1.61 bits per heavy atom. The lowest BCUT2D eigenvalue weighted by atomic mass is 10.1. The summed E-state index contributed by atoms with van der Waals surface area (Å²) in [6, 6.07) is 4.56. The molecule has 0 radical (unpaired) electrons. The molecular formula is C12H13NO5. The molecule has 0 heterocycles. The van der Waals surface area contributed by atoms with Crippen LogP contribution in [0.2, 0.25) is 0 Å². The molecule has 0 aliphatic rings. The molecule has 0 saturated carbocycles. The molecule has 1 rings (SSSR count). The van der Waals surface area contributed by atoms with E-state index in [1.807, 2.05) is 12.2 Å². The van der Waals surface area contributed by atoms with Crippen molar-refractivity contribution in [1.29, 1.82) is 0 Å². The number of hydrogen-bond donors (Lipinski definition) is 3. The van der Waals surface area contributed by atoms with Crippen LogP contribution in [-0.4, -0.2) is 34.1 Å². The van der Waals surface area contributed by atoms with Gasteiger partial charge in [-0.15, -0.1) is 0 Å². The van der Waals surface area contributed by atoms with E-state index in [0.29, 0.717) is 0 Å². The Morgan fingerprint density at radius 3 is 2.00 bits per heavy atom. The fraction of sp³-hybridized carbons (Fsp3) is 0.250. The van der Waals surface area contributed by atoms with E-state index in [1.54, 1.807) is 12.1 Å². The van der Waals surface area contributed by atoms with Gasteiger partial charge in [-0.3, -0.25) is 4.79 Å². The van der Waals surface area contributed by atoms with Crippen LogP contribution < -0.4 is 5.32 Å². The van der Waals surface area contributed by atoms with E-state index in [1.165, 1.54) is 12.1 Å². The summed E-state index contributed by atoms with van der Waals surface area (Å²) in [5.74, 6) is -3.95. The number of rotatable bonds is 5. The molecule has 18 heavy (non-hydrogen) atoms. The molecule has 6 heteroatoms. The minimum absolute atomic E-state index is 0.222. The quantitative estimate of drug-likeness (QED) is 0.662. The Bertz CT molecular complexity index is 452. The van der Waals surface area contributed by atoms with Gasteiger partial charge in [0, 0.05) is 5.56 Å². The highest BCUT2D eigenvalue weighted by Crippen LogP contribution is 2.05. The summed E-state index contributed by atoms with van der Waals surface area (Å²) in [7, 11) is 0. The molecule has 0 spiro atoms. The smallest absolute Gasteiger partial charge is 0.338 e. The van der Waals surface area contributed by atoms with Gasteiger partial charge in [0.05, 0.1) is 0 Å². The van der Waals surface area contributed by atoms with Gasteiger partial charge < -0.3 is 15.5 Å². The SMILES string of the molecule is CCc1ccc(C(=O)NC(C(=O)O)C(=O)O)cc1. The van der Waals surface area contributed by atoms with E-state index >= 15 is 0 Å². The van der Waals surface area contributed by atoms with Crippen molar-refractivity contribution in [2.24, 2.45) is 0 Å². The number of carbonyl (C=O) groups is 3. The summed E-state index contributed by atoms with van der Waals surface area (Å²) >= 11 is 0. The van der Waals surface area contributed by atoms with Crippen molar-refractivity contribution in [3.63, 3.8) is 0 Å². The van der Waals surface area contributed by atoms with Crippen molar-refractivity contribution >= 4 is 17.8 Å². The molecule has 1 aromatic rings. The second-order valence-corrected chi connectivity index (χ2v) is 3.63. The van der Waals surface area contributed by atoms with Crippen LogP contribution in [0.5, 0.6) is 0 Å². The monoisotopic (exact) mass is 251 g/mol. The summed E-state index contributed by atoms with van der Waals surface area (Å²) in [6.45, 7) is 1.96. The molecule has 3 N–H and O–H groups in total. The van der Waals surface area contributed by atoms with E-state index in [0.717, 1.165) is 12.0 Å². The molecule has 0 fully saturated rings. The predicted molar refractivity (Wildman–Crippen MR) is 62.3 cm³/mol. The maximum absolute atomic E-state index is 11.6. The summed E-state index contributed by atoms with van der Waals surface area (Å²) in [4.78, 5) is 32.9. The van der Waals surface area contributed by atoms with E-state index in [9.17, 15) is 14.4 Å². The lowest BCUT2D eigenvalue weighted by Gasteiger charge is -2.10. The lowest BCUT2D eigenvalue weighted by molar-refractivity contribution is -0.150. The van der Waals surface area contributed by atoms with Crippen LogP contribution in [0.1, 0.15) is 22.8 Å². The van der Waals surface area contributed by atoms with Gasteiger partial charge in [0.1, 0.15) is 0 Å². The van der Waals surface area contributed by atoms with Crippen LogP contribution in [0.4, 0.5) is 0 Å². The van der Waals surface area contributed by atoms with E-state index in [2.05, 4.69) is 0 Å². The third-order valence-corrected chi connectivity index (χ3v) is 2.39. The van der Waals surface area contributed by atoms with Gasteiger partial charge in [-0.05, 0) is 24.1 Å². The number of carbonyl (C=O) groups excluding carboxylic acids is 1. The Hall–Kier alpha value is -2.37. The van der Waals surface area contributed by atoms with E-state index < -0.39 is 23.9 Å². The molecule has 0 aromatic heterocycles. The van der Waals surface area contributed by atoms with E-state index in [-0.39, 0.29) is 5.56 Å². The van der Waals surface area contributed by atoms with Crippen molar-refractivity contribution < 1.29 is 24.6 Å². The van der Waals surface area contributed by atoms with Gasteiger partial charge >= 0.3 is 11.9 Å². The Kier molecular flexibility index (Phi) is 4.42. The molecule has 0 bridgehead atoms. The maximum Gasteiger partial charge on any atom is 0.338 e. The van der Waals surface area contributed by atoms with Crippen molar-refractivity contribution in [2.75, 3.05) is 0 Å². The normalized spacial score (nSPS) is 10.1. The number of aliphatic carboxylic acids is 2. The highest BCUT2D eigenvalue weighted by molar-refractivity contribution is 6.04. The molecule has 0 aliphatic heterocycles. The first-order chi connectivity index (χ1) is 8.45. The molecule has 6 nitrogen and oxygen atoms in total. The zero-order valence-electron chi connectivity index (χ0n) is 9.71. The topological polar surface area (TPSA) is 104 Å². The summed E-state index contributed by atoms with van der Waals surface area (Å²) in [5, 5.41) is 19.2. The van der Waals surface area contributed by atoms with Crippen LogP contribution in [0.25, 0.3) is 0 Å². The number of amides is 1. The largest absolute Gasteiger partial charge is 0.479 e. The summed E-state index contributed by atoms with van der Waals surface area (Å²) in [6.07, 6.45) is 0.814. The number of carboxylic acids is 2. The van der Waals surface area contributed by atoms with Gasteiger partial charge in [0.15, 0.2) is 0 Å². The highest BCUT2D eigenvalue weighted by atomic mass is 16.4. The van der Waals surface area contributed by atoms with Crippen molar-refractivity contribution in [3.05, 3.63) is 35.4 Å². The number of benzene rings is 1. The van der Waals surface area contributed by atoms with Crippen molar-refractivity contribution in [2.45, 2.75) is 19.4 Å². The standard InChI is InChI=1S/C12H13NO5/c1-2-7-3-5-8(6-4-7)10(14)13-9(11(15)16)12(17)18/h3-6,9H,2H2,1H3,(H,13,14)(H,15,16)(H,17,18). The van der Waals surface area contributed by atoms with Gasteiger partial charge in [-0.25, -0.2) is 9.59 Å². The molecule has 0 saturated heterocycles. The van der Waals surface area contributed by atoms with Crippen molar-refractivity contribution in [3.8, 4) is 0 Å². The second-order valence-electron chi connectivity index (χ2n) is 3.63. The first-order valence-electron chi connectivity index (χ1n) is 5.31. The van der Waals surface area contributed by atoms with Crippen molar-refractivity contribution in [1.82, 2.24) is 5.32 Å². The van der Waals surface area contributed by atoms with Crippen LogP contribution in [0, 0.1) is 0 Å². The van der Waals surface area contributed by atoms with E-state index in [4.69, 9.17) is 10.2 Å². The Balaban J connectivity index is 2.80. The van der Waals surface area contributed by atoms with Crippen LogP contribution in [0.3, 0.4) is 0 Å². The number of nitrogens with one attached hydrogen (secondary N) is 1. The molecule has 1 amide bonds. The number of hydrogen-bond acceptors (Lipinski definition) is 3. The van der Waals surface area contributed by atoms with Gasteiger partial charge in [-0.2, -0.15) is 0 Å². The van der Waals surface area contributed by atoms with Gasteiger partial charge in [0.25, 0.3) is 5.91 Å². The van der Waals surface area contributed by atoms with Crippen LogP contribution in [-0.2, 0) is 16.0 Å². The lowest BCUT2D eigenvalue weighted by Crippen LogP contribution is -2.46. The van der Waals surface area contributed by atoms with Gasteiger partial charge in [0.2, 0.25) is 6.04 Å². The van der Waals surface area contributed by atoms with Gasteiger partial charge in [-0.1, -0.05) is 19.1 Å². The first kappa shape index (κ1) is 13.7. The van der Waals surface area contributed by atoms with Crippen LogP contribution in [0.15, 0.2) is 24.3 Å². The zero-order chi connectivity index (χ0) is 13.7. The molecule has 0 aliphatic carbocycles. The Labute approximate surface area is 103 Å². The number of aryl methyl sites for hydroxylation is 1. The third kappa shape index (κ3) is 3.31. The fourth-order valence-electron chi connectivity index (χ4n) is 1.34. The molecule has 0 atom stereocenters. The minimum atomic E-state index is -1.94. The maximum atomic E-state index is 11.6.